The number of halogens is 1. The van der Waals surface area contributed by atoms with Crippen molar-refractivity contribution in [2.45, 2.75) is 39.5 Å². The van der Waals surface area contributed by atoms with Crippen molar-refractivity contribution >= 4 is 23.5 Å². The first-order valence-corrected chi connectivity index (χ1v) is 7.23. The van der Waals surface area contributed by atoms with E-state index >= 15 is 0 Å². The molecule has 1 aromatic rings. The molecule has 0 fully saturated rings. The normalized spacial score (nSPS) is 12.0. The van der Waals surface area contributed by atoms with Crippen molar-refractivity contribution < 1.29 is 14.7 Å². The van der Waals surface area contributed by atoms with Crippen molar-refractivity contribution in [1.82, 2.24) is 5.32 Å². The van der Waals surface area contributed by atoms with Crippen LogP contribution in [0.4, 0.5) is 0 Å². The highest BCUT2D eigenvalue weighted by Gasteiger charge is 2.32. The van der Waals surface area contributed by atoms with Crippen molar-refractivity contribution in [3.8, 4) is 0 Å². The Morgan fingerprint density at radius 2 is 1.76 bits per heavy atom. The van der Waals surface area contributed by atoms with Gasteiger partial charge in [0.1, 0.15) is 0 Å². The Kier molecular flexibility index (Phi) is 5.40. The topological polar surface area (TPSA) is 66.4 Å². The van der Waals surface area contributed by atoms with Crippen LogP contribution in [-0.4, -0.2) is 23.5 Å². The molecule has 1 aromatic carbocycles. The van der Waals surface area contributed by atoms with E-state index in [-0.39, 0.29) is 5.91 Å². The molecule has 1 rings (SSSR count). The summed E-state index contributed by atoms with van der Waals surface area (Å²) in [6.45, 7) is 7.19. The van der Waals surface area contributed by atoms with Gasteiger partial charge in [-0.2, -0.15) is 0 Å². The molecule has 0 saturated carbocycles. The number of benzene rings is 1. The number of nitrogens with one attached hydrogen (secondary N) is 1. The molecule has 21 heavy (non-hydrogen) atoms. The van der Waals surface area contributed by atoms with Gasteiger partial charge >= 0.3 is 5.97 Å². The van der Waals surface area contributed by atoms with E-state index in [4.69, 9.17) is 16.7 Å². The maximum absolute atomic E-state index is 12.4. The molecule has 0 aliphatic carbocycles. The Hall–Kier alpha value is -1.55. The SMILES string of the molecule is CC(C)(CCNC(=O)C(C)(C)c1ccccc1Cl)C(=O)O. The maximum atomic E-state index is 12.4. The monoisotopic (exact) mass is 311 g/mol. The van der Waals surface area contributed by atoms with Gasteiger partial charge < -0.3 is 10.4 Å². The third kappa shape index (κ3) is 4.21. The quantitative estimate of drug-likeness (QED) is 0.847. The standard InChI is InChI=1S/C16H22ClNO3/c1-15(2,14(20)21)9-10-18-13(19)16(3,4)11-7-5-6-8-12(11)17/h5-8H,9-10H2,1-4H3,(H,18,19)(H,20,21). The Balaban J connectivity index is 2.71. The second-order valence-corrected chi connectivity index (χ2v) is 6.71. The summed E-state index contributed by atoms with van der Waals surface area (Å²) in [5.41, 5.74) is -0.880. The molecule has 0 spiro atoms. The van der Waals surface area contributed by atoms with Crippen LogP contribution in [0.15, 0.2) is 24.3 Å². The fraction of sp³-hybridized carbons (Fsp3) is 0.500. The van der Waals surface area contributed by atoms with Crippen molar-refractivity contribution in [3.63, 3.8) is 0 Å². The van der Waals surface area contributed by atoms with E-state index in [1.807, 2.05) is 18.2 Å². The number of carboxylic acid groups (broad SMARTS) is 1. The lowest BCUT2D eigenvalue weighted by Gasteiger charge is -2.26. The van der Waals surface area contributed by atoms with Gasteiger partial charge in [0.2, 0.25) is 5.91 Å². The summed E-state index contributed by atoms with van der Waals surface area (Å²) in [6, 6.07) is 7.22. The van der Waals surface area contributed by atoms with E-state index in [9.17, 15) is 9.59 Å². The van der Waals surface area contributed by atoms with Gasteiger partial charge in [-0.05, 0) is 45.7 Å². The Labute approximate surface area is 130 Å². The van der Waals surface area contributed by atoms with E-state index in [0.29, 0.717) is 18.0 Å². The highest BCUT2D eigenvalue weighted by atomic mass is 35.5. The van der Waals surface area contributed by atoms with Crippen LogP contribution in [0.2, 0.25) is 5.02 Å². The molecule has 0 atom stereocenters. The maximum Gasteiger partial charge on any atom is 0.309 e. The van der Waals surface area contributed by atoms with E-state index in [1.54, 1.807) is 33.8 Å². The second kappa shape index (κ2) is 6.48. The zero-order chi connectivity index (χ0) is 16.3. The summed E-state index contributed by atoms with van der Waals surface area (Å²) >= 11 is 6.14. The third-order valence-electron chi connectivity index (χ3n) is 3.73. The molecule has 2 N–H and O–H groups in total. The van der Waals surface area contributed by atoms with Gasteiger partial charge in [0.25, 0.3) is 0 Å². The Morgan fingerprint density at radius 3 is 2.29 bits per heavy atom. The minimum atomic E-state index is -0.873. The van der Waals surface area contributed by atoms with Crippen LogP contribution in [0.1, 0.15) is 39.7 Å². The fourth-order valence-electron chi connectivity index (χ4n) is 1.91. The van der Waals surface area contributed by atoms with Crippen LogP contribution in [0, 0.1) is 5.41 Å². The largest absolute Gasteiger partial charge is 0.481 e. The number of rotatable bonds is 6. The summed E-state index contributed by atoms with van der Waals surface area (Å²) < 4.78 is 0. The van der Waals surface area contributed by atoms with E-state index in [0.717, 1.165) is 5.56 Å². The fourth-order valence-corrected chi connectivity index (χ4v) is 2.28. The van der Waals surface area contributed by atoms with Crippen molar-refractivity contribution in [3.05, 3.63) is 34.9 Å². The summed E-state index contributed by atoms with van der Waals surface area (Å²) in [5.74, 6) is -1.04. The molecular formula is C16H22ClNO3. The van der Waals surface area contributed by atoms with E-state index in [1.165, 1.54) is 0 Å². The molecule has 0 radical (unpaired) electrons. The summed E-state index contributed by atoms with van der Waals surface area (Å²) in [6.07, 6.45) is 0.368. The highest BCUT2D eigenvalue weighted by Crippen LogP contribution is 2.30. The lowest BCUT2D eigenvalue weighted by molar-refractivity contribution is -0.147. The molecule has 0 aliphatic heterocycles. The number of carboxylic acids is 1. The average Bonchev–Trinajstić information content (AvgIpc) is 2.38. The third-order valence-corrected chi connectivity index (χ3v) is 4.06. The molecule has 1 amide bonds. The molecule has 5 heteroatoms. The Morgan fingerprint density at radius 1 is 1.19 bits per heavy atom. The lowest BCUT2D eigenvalue weighted by Crippen LogP contribution is -2.42. The first-order chi connectivity index (χ1) is 9.59. The first-order valence-electron chi connectivity index (χ1n) is 6.86. The summed E-state index contributed by atoms with van der Waals surface area (Å²) in [4.78, 5) is 23.4. The zero-order valence-corrected chi connectivity index (χ0v) is 13.6. The number of aliphatic carboxylic acids is 1. The molecule has 0 aromatic heterocycles. The van der Waals surface area contributed by atoms with E-state index < -0.39 is 16.8 Å². The molecule has 4 nitrogen and oxygen atoms in total. The summed E-state index contributed by atoms with van der Waals surface area (Å²) in [7, 11) is 0. The number of carbonyl (C=O) groups excluding carboxylic acids is 1. The minimum absolute atomic E-state index is 0.170. The molecule has 0 bridgehead atoms. The van der Waals surface area contributed by atoms with Crippen LogP contribution < -0.4 is 5.32 Å². The number of carbonyl (C=O) groups is 2. The highest BCUT2D eigenvalue weighted by molar-refractivity contribution is 6.31. The van der Waals surface area contributed by atoms with Crippen molar-refractivity contribution in [1.29, 1.82) is 0 Å². The van der Waals surface area contributed by atoms with E-state index in [2.05, 4.69) is 5.32 Å². The average molecular weight is 312 g/mol. The van der Waals surface area contributed by atoms with Gasteiger partial charge in [0, 0.05) is 11.6 Å². The number of hydrogen-bond acceptors (Lipinski definition) is 2. The van der Waals surface area contributed by atoms with Crippen LogP contribution >= 0.6 is 11.6 Å². The van der Waals surface area contributed by atoms with Crippen LogP contribution in [-0.2, 0) is 15.0 Å². The van der Waals surface area contributed by atoms with Crippen LogP contribution in [0.25, 0.3) is 0 Å². The molecule has 0 unspecified atom stereocenters. The molecule has 0 heterocycles. The first kappa shape index (κ1) is 17.5. The molecule has 0 saturated heterocycles. The number of hydrogen-bond donors (Lipinski definition) is 2. The van der Waals surface area contributed by atoms with Crippen LogP contribution in [0.5, 0.6) is 0 Å². The van der Waals surface area contributed by atoms with Gasteiger partial charge in [-0.1, -0.05) is 29.8 Å². The summed E-state index contributed by atoms with van der Waals surface area (Å²) in [5, 5.41) is 12.4. The Bertz CT molecular complexity index is 538. The van der Waals surface area contributed by atoms with Gasteiger partial charge in [-0.3, -0.25) is 9.59 Å². The van der Waals surface area contributed by atoms with Gasteiger partial charge in [-0.25, -0.2) is 0 Å². The van der Waals surface area contributed by atoms with Crippen molar-refractivity contribution in [2.75, 3.05) is 6.54 Å². The van der Waals surface area contributed by atoms with Gasteiger partial charge in [-0.15, -0.1) is 0 Å². The molecule has 116 valence electrons. The molecule has 0 aliphatic rings. The lowest BCUT2D eigenvalue weighted by atomic mass is 9.83. The van der Waals surface area contributed by atoms with Crippen LogP contribution in [0.3, 0.4) is 0 Å². The van der Waals surface area contributed by atoms with Gasteiger partial charge in [0.05, 0.1) is 10.8 Å². The minimum Gasteiger partial charge on any atom is -0.481 e. The zero-order valence-electron chi connectivity index (χ0n) is 12.9. The van der Waals surface area contributed by atoms with Gasteiger partial charge in [0.15, 0.2) is 0 Å². The number of amides is 1. The second-order valence-electron chi connectivity index (χ2n) is 6.30. The van der Waals surface area contributed by atoms with Crippen molar-refractivity contribution in [2.24, 2.45) is 5.41 Å². The molecular weight excluding hydrogens is 290 g/mol. The predicted octanol–water partition coefficient (Wildman–Crippen LogP) is 3.23. The smallest absolute Gasteiger partial charge is 0.309 e. The predicted molar refractivity (Wildman–Crippen MR) is 83.5 cm³/mol.